The third-order valence-corrected chi connectivity index (χ3v) is 2.60. The van der Waals surface area contributed by atoms with E-state index in [0.717, 1.165) is 5.56 Å². The summed E-state index contributed by atoms with van der Waals surface area (Å²) < 4.78 is 5.58. The molecule has 4 heteroatoms. The maximum atomic E-state index is 9.37. The van der Waals surface area contributed by atoms with Crippen LogP contribution in [0.3, 0.4) is 0 Å². The number of ether oxygens (including phenoxy) is 1. The fourth-order valence-corrected chi connectivity index (χ4v) is 1.55. The van der Waals surface area contributed by atoms with Gasteiger partial charge in [0.2, 0.25) is 5.88 Å². The summed E-state index contributed by atoms with van der Waals surface area (Å²) in [7, 11) is 0. The highest BCUT2D eigenvalue weighted by molar-refractivity contribution is 5.35. The van der Waals surface area contributed by atoms with Crippen LogP contribution in [0, 0.1) is 0 Å². The Morgan fingerprint density at radius 1 is 1.22 bits per heavy atom. The van der Waals surface area contributed by atoms with Gasteiger partial charge in [-0.05, 0) is 24.6 Å². The number of aliphatic hydroxyl groups is 2. The molecule has 0 saturated heterocycles. The molecule has 0 aliphatic rings. The molecule has 1 heterocycles. The first-order chi connectivity index (χ1) is 8.70. The predicted molar refractivity (Wildman–Crippen MR) is 67.3 cm³/mol. The minimum absolute atomic E-state index is 0.0814. The first kappa shape index (κ1) is 12.5. The molecule has 0 bridgehead atoms. The lowest BCUT2D eigenvalue weighted by atomic mass is 10.2. The van der Waals surface area contributed by atoms with Crippen LogP contribution < -0.4 is 4.74 Å². The second-order valence-electron chi connectivity index (χ2n) is 3.97. The summed E-state index contributed by atoms with van der Waals surface area (Å²) in [4.78, 5) is 4.11. The summed E-state index contributed by atoms with van der Waals surface area (Å²) in [6.45, 7) is 1.60. The van der Waals surface area contributed by atoms with Gasteiger partial charge in [0.25, 0.3) is 0 Å². The van der Waals surface area contributed by atoms with Crippen molar-refractivity contribution >= 4 is 0 Å². The first-order valence-corrected chi connectivity index (χ1v) is 5.71. The van der Waals surface area contributed by atoms with Crippen LogP contribution in [0.15, 0.2) is 42.6 Å². The molecule has 0 fully saturated rings. The largest absolute Gasteiger partial charge is 0.439 e. The van der Waals surface area contributed by atoms with Crippen molar-refractivity contribution < 1.29 is 14.9 Å². The van der Waals surface area contributed by atoms with Crippen LogP contribution in [0.2, 0.25) is 0 Å². The molecule has 0 unspecified atom stereocenters. The van der Waals surface area contributed by atoms with E-state index in [0.29, 0.717) is 17.2 Å². The van der Waals surface area contributed by atoms with Crippen molar-refractivity contribution in [3.8, 4) is 11.6 Å². The summed E-state index contributed by atoms with van der Waals surface area (Å²) in [6.07, 6.45) is 1.03. The number of nitrogens with zero attached hydrogens (tertiary/aromatic N) is 1. The average Bonchev–Trinajstić information content (AvgIpc) is 2.40. The lowest BCUT2D eigenvalue weighted by molar-refractivity contribution is 0.198. The van der Waals surface area contributed by atoms with Crippen molar-refractivity contribution in [1.82, 2.24) is 4.98 Å². The molecule has 2 aromatic rings. The van der Waals surface area contributed by atoms with Gasteiger partial charge in [-0.25, -0.2) is 4.98 Å². The van der Waals surface area contributed by atoms with Gasteiger partial charge >= 0.3 is 0 Å². The Balaban J connectivity index is 2.18. The van der Waals surface area contributed by atoms with Crippen LogP contribution in [-0.4, -0.2) is 15.2 Å². The molecule has 1 aromatic carbocycles. The molecule has 0 amide bonds. The topological polar surface area (TPSA) is 62.6 Å². The zero-order valence-corrected chi connectivity index (χ0v) is 10.1. The van der Waals surface area contributed by atoms with E-state index >= 15 is 0 Å². The maximum Gasteiger partial charge on any atom is 0.219 e. The van der Waals surface area contributed by atoms with Gasteiger partial charge in [-0.15, -0.1) is 0 Å². The number of benzene rings is 1. The predicted octanol–water partition coefficient (Wildman–Crippen LogP) is 2.42. The fraction of sp³-hybridized carbons (Fsp3) is 0.214. The summed E-state index contributed by atoms with van der Waals surface area (Å²) in [6, 6.07) is 10.7. The summed E-state index contributed by atoms with van der Waals surface area (Å²) in [5, 5.41) is 18.6. The van der Waals surface area contributed by atoms with Crippen LogP contribution in [0.4, 0.5) is 0 Å². The lowest BCUT2D eigenvalue weighted by Crippen LogP contribution is -1.95. The maximum absolute atomic E-state index is 9.37. The molecule has 0 radical (unpaired) electrons. The molecule has 0 spiro atoms. The molecule has 1 aromatic heterocycles. The van der Waals surface area contributed by atoms with Crippen LogP contribution in [0.25, 0.3) is 0 Å². The minimum Gasteiger partial charge on any atom is -0.439 e. The fourth-order valence-electron chi connectivity index (χ4n) is 1.55. The third-order valence-electron chi connectivity index (χ3n) is 2.60. The number of aliphatic hydroxyl groups excluding tert-OH is 2. The van der Waals surface area contributed by atoms with E-state index in [1.807, 2.05) is 12.1 Å². The van der Waals surface area contributed by atoms with Crippen LogP contribution in [-0.2, 0) is 6.61 Å². The quantitative estimate of drug-likeness (QED) is 0.868. The Hall–Kier alpha value is -1.91. The van der Waals surface area contributed by atoms with Crippen molar-refractivity contribution in [3.63, 3.8) is 0 Å². The van der Waals surface area contributed by atoms with Gasteiger partial charge in [0.1, 0.15) is 5.75 Å². The van der Waals surface area contributed by atoms with Crippen LogP contribution >= 0.6 is 0 Å². The molecular formula is C14H15NO3. The highest BCUT2D eigenvalue weighted by Gasteiger charge is 2.05. The number of pyridine rings is 1. The van der Waals surface area contributed by atoms with Crippen molar-refractivity contribution in [2.24, 2.45) is 0 Å². The molecule has 0 saturated carbocycles. The third kappa shape index (κ3) is 2.85. The Morgan fingerprint density at radius 2 is 2.00 bits per heavy atom. The highest BCUT2D eigenvalue weighted by Crippen LogP contribution is 2.24. The van der Waals surface area contributed by atoms with Crippen LogP contribution in [0.5, 0.6) is 11.6 Å². The van der Waals surface area contributed by atoms with Crippen molar-refractivity contribution in [2.45, 2.75) is 19.6 Å². The van der Waals surface area contributed by atoms with E-state index < -0.39 is 6.10 Å². The van der Waals surface area contributed by atoms with Crippen molar-refractivity contribution in [1.29, 1.82) is 0 Å². The van der Waals surface area contributed by atoms with Gasteiger partial charge in [0.05, 0.1) is 12.7 Å². The minimum atomic E-state index is -0.545. The van der Waals surface area contributed by atoms with E-state index in [1.54, 1.807) is 37.4 Å². The number of para-hydroxylation sites is 1. The zero-order valence-electron chi connectivity index (χ0n) is 10.1. The Kier molecular flexibility index (Phi) is 3.92. The second-order valence-corrected chi connectivity index (χ2v) is 3.97. The Morgan fingerprint density at radius 3 is 2.61 bits per heavy atom. The summed E-state index contributed by atoms with van der Waals surface area (Å²) in [5.41, 5.74) is 1.44. The molecule has 4 nitrogen and oxygen atoms in total. The van der Waals surface area contributed by atoms with E-state index in [9.17, 15) is 10.2 Å². The smallest absolute Gasteiger partial charge is 0.219 e. The number of aromatic nitrogens is 1. The van der Waals surface area contributed by atoms with Gasteiger partial charge in [-0.1, -0.05) is 18.2 Å². The zero-order chi connectivity index (χ0) is 13.0. The molecule has 94 valence electrons. The number of rotatable bonds is 4. The van der Waals surface area contributed by atoms with Crippen LogP contribution in [0.1, 0.15) is 24.2 Å². The Labute approximate surface area is 106 Å². The number of hydrogen-bond donors (Lipinski definition) is 2. The van der Waals surface area contributed by atoms with E-state index in [-0.39, 0.29) is 6.61 Å². The molecule has 2 N–H and O–H groups in total. The molecule has 18 heavy (non-hydrogen) atoms. The van der Waals surface area contributed by atoms with E-state index in [4.69, 9.17) is 4.74 Å². The molecule has 0 aliphatic carbocycles. The normalized spacial score (nSPS) is 12.2. The van der Waals surface area contributed by atoms with Crippen molar-refractivity contribution in [2.75, 3.05) is 0 Å². The standard InChI is InChI=1S/C14H15NO3/c1-10(17)11-6-7-14(15-8-11)18-13-5-3-2-4-12(13)9-16/h2-8,10,16-17H,9H2,1H3/t10-/m0/s1. The molecule has 2 rings (SSSR count). The second kappa shape index (κ2) is 5.62. The molecule has 0 aliphatic heterocycles. The summed E-state index contributed by atoms with van der Waals surface area (Å²) >= 11 is 0. The summed E-state index contributed by atoms with van der Waals surface area (Å²) in [5.74, 6) is 1.01. The van der Waals surface area contributed by atoms with E-state index in [2.05, 4.69) is 4.98 Å². The lowest BCUT2D eigenvalue weighted by Gasteiger charge is -2.09. The van der Waals surface area contributed by atoms with Gasteiger partial charge in [-0.3, -0.25) is 0 Å². The SMILES string of the molecule is C[C@H](O)c1ccc(Oc2ccccc2CO)nc1. The van der Waals surface area contributed by atoms with Crippen molar-refractivity contribution in [3.05, 3.63) is 53.7 Å². The average molecular weight is 245 g/mol. The van der Waals surface area contributed by atoms with Gasteiger partial charge in [-0.2, -0.15) is 0 Å². The monoisotopic (exact) mass is 245 g/mol. The molecule has 1 atom stereocenters. The van der Waals surface area contributed by atoms with Gasteiger partial charge < -0.3 is 14.9 Å². The van der Waals surface area contributed by atoms with Gasteiger partial charge in [0.15, 0.2) is 0 Å². The first-order valence-electron chi connectivity index (χ1n) is 5.71. The number of hydrogen-bond acceptors (Lipinski definition) is 4. The van der Waals surface area contributed by atoms with Gasteiger partial charge in [0, 0.05) is 17.8 Å². The molecular weight excluding hydrogens is 230 g/mol. The Bertz CT molecular complexity index is 509. The highest BCUT2D eigenvalue weighted by atomic mass is 16.5. The van der Waals surface area contributed by atoms with E-state index in [1.165, 1.54) is 0 Å².